The molecule has 3 unspecified atom stereocenters. The van der Waals surface area contributed by atoms with Crippen LogP contribution in [0.2, 0.25) is 0 Å². The molecule has 0 aliphatic rings. The molecule has 4 N–H and O–H groups in total. The van der Waals surface area contributed by atoms with Crippen molar-refractivity contribution in [3.8, 4) is 0 Å². The molecule has 0 spiro atoms. The highest BCUT2D eigenvalue weighted by Gasteiger charge is 2.19. The first-order valence-electron chi connectivity index (χ1n) is 5.78. The minimum absolute atomic E-state index is 0.00647. The third-order valence-electron chi connectivity index (χ3n) is 2.65. The van der Waals surface area contributed by atoms with Crippen LogP contribution in [-0.4, -0.2) is 34.7 Å². The predicted molar refractivity (Wildman–Crippen MR) is 73.1 cm³/mol. The van der Waals surface area contributed by atoms with Crippen molar-refractivity contribution in [2.45, 2.75) is 31.2 Å². The van der Waals surface area contributed by atoms with E-state index in [2.05, 4.69) is 19.1 Å². The zero-order valence-electron chi connectivity index (χ0n) is 10.3. The summed E-state index contributed by atoms with van der Waals surface area (Å²) in [5.41, 5.74) is 8.42. The van der Waals surface area contributed by atoms with Crippen LogP contribution in [0.4, 0.5) is 0 Å². The van der Waals surface area contributed by atoms with Crippen LogP contribution in [0.1, 0.15) is 23.3 Å². The zero-order valence-corrected chi connectivity index (χ0v) is 11.2. The zero-order chi connectivity index (χ0) is 12.8. The van der Waals surface area contributed by atoms with E-state index < -0.39 is 6.10 Å². The lowest BCUT2D eigenvalue weighted by Crippen LogP contribution is -2.25. The SMILES string of the molecule is Cc1ccccc1C(SCC(O)CO)C(C)N. The Balaban J connectivity index is 2.76. The summed E-state index contributed by atoms with van der Waals surface area (Å²) in [7, 11) is 0. The van der Waals surface area contributed by atoms with Gasteiger partial charge >= 0.3 is 0 Å². The van der Waals surface area contributed by atoms with Gasteiger partial charge < -0.3 is 15.9 Å². The molecule has 0 fully saturated rings. The van der Waals surface area contributed by atoms with Crippen molar-refractivity contribution in [2.75, 3.05) is 12.4 Å². The van der Waals surface area contributed by atoms with Gasteiger partial charge in [0.2, 0.25) is 0 Å². The molecule has 1 rings (SSSR count). The molecule has 0 bridgehead atoms. The highest BCUT2D eigenvalue weighted by molar-refractivity contribution is 7.99. The average molecular weight is 255 g/mol. The molecule has 3 atom stereocenters. The molecule has 0 radical (unpaired) electrons. The molecular formula is C13H21NO2S. The molecule has 0 aromatic heterocycles. The van der Waals surface area contributed by atoms with E-state index >= 15 is 0 Å². The van der Waals surface area contributed by atoms with Crippen LogP contribution >= 0.6 is 11.8 Å². The monoisotopic (exact) mass is 255 g/mol. The molecule has 1 aromatic rings. The summed E-state index contributed by atoms with van der Waals surface area (Å²) in [6.07, 6.45) is -0.676. The minimum Gasteiger partial charge on any atom is -0.394 e. The van der Waals surface area contributed by atoms with Crippen LogP contribution < -0.4 is 5.73 Å². The van der Waals surface area contributed by atoms with E-state index in [9.17, 15) is 5.11 Å². The number of aryl methyl sites for hydroxylation is 1. The van der Waals surface area contributed by atoms with Crippen molar-refractivity contribution < 1.29 is 10.2 Å². The minimum atomic E-state index is -0.676. The van der Waals surface area contributed by atoms with Crippen LogP contribution in [0.15, 0.2) is 24.3 Å². The summed E-state index contributed by atoms with van der Waals surface area (Å²) < 4.78 is 0. The Morgan fingerprint density at radius 1 is 1.35 bits per heavy atom. The Morgan fingerprint density at radius 2 is 2.00 bits per heavy atom. The number of aliphatic hydroxyl groups excluding tert-OH is 2. The number of hydrogen-bond acceptors (Lipinski definition) is 4. The van der Waals surface area contributed by atoms with E-state index in [4.69, 9.17) is 10.8 Å². The number of hydrogen-bond donors (Lipinski definition) is 3. The Morgan fingerprint density at radius 3 is 2.53 bits per heavy atom. The summed E-state index contributed by atoms with van der Waals surface area (Å²) in [6.45, 7) is 3.83. The van der Waals surface area contributed by atoms with E-state index in [0.717, 1.165) is 0 Å². The second-order valence-electron chi connectivity index (χ2n) is 4.31. The lowest BCUT2D eigenvalue weighted by atomic mass is 10.0. The van der Waals surface area contributed by atoms with Gasteiger partial charge in [0.25, 0.3) is 0 Å². The first-order chi connectivity index (χ1) is 8.06. The fraction of sp³-hybridized carbons (Fsp3) is 0.538. The number of benzene rings is 1. The van der Waals surface area contributed by atoms with Gasteiger partial charge in [0.1, 0.15) is 0 Å². The van der Waals surface area contributed by atoms with Crippen LogP contribution in [0.3, 0.4) is 0 Å². The lowest BCUT2D eigenvalue weighted by molar-refractivity contribution is 0.113. The molecule has 0 aliphatic carbocycles. The first-order valence-corrected chi connectivity index (χ1v) is 6.82. The van der Waals surface area contributed by atoms with Gasteiger partial charge in [-0.15, -0.1) is 11.8 Å². The standard InChI is InChI=1S/C13H21NO2S/c1-9-5-3-4-6-12(9)13(10(2)14)17-8-11(16)7-15/h3-6,10-11,13,15-16H,7-8,14H2,1-2H3. The topological polar surface area (TPSA) is 66.5 Å². The first kappa shape index (κ1) is 14.5. The van der Waals surface area contributed by atoms with Gasteiger partial charge in [-0.2, -0.15) is 0 Å². The molecule has 4 heteroatoms. The summed E-state index contributed by atoms with van der Waals surface area (Å²) >= 11 is 1.59. The Kier molecular flexibility index (Phi) is 5.98. The third-order valence-corrected chi connectivity index (χ3v) is 4.27. The van der Waals surface area contributed by atoms with E-state index in [1.54, 1.807) is 11.8 Å². The summed E-state index contributed by atoms with van der Waals surface area (Å²) in [5.74, 6) is 0.497. The normalized spacial score (nSPS) is 16.5. The van der Waals surface area contributed by atoms with Crippen molar-refractivity contribution in [3.63, 3.8) is 0 Å². The summed E-state index contributed by atoms with van der Waals surface area (Å²) in [4.78, 5) is 0. The van der Waals surface area contributed by atoms with Crippen molar-refractivity contribution in [1.29, 1.82) is 0 Å². The number of thioether (sulfide) groups is 1. The molecule has 17 heavy (non-hydrogen) atoms. The summed E-state index contributed by atoms with van der Waals surface area (Å²) in [6, 6.07) is 8.15. The molecule has 0 aliphatic heterocycles. The molecule has 0 amide bonds. The molecule has 0 heterocycles. The van der Waals surface area contributed by atoms with Gasteiger partial charge in [0.15, 0.2) is 0 Å². The molecule has 0 saturated heterocycles. The van der Waals surface area contributed by atoms with Gasteiger partial charge in [-0.3, -0.25) is 0 Å². The average Bonchev–Trinajstić information content (AvgIpc) is 2.30. The second-order valence-corrected chi connectivity index (χ2v) is 5.48. The van der Waals surface area contributed by atoms with E-state index in [1.807, 2.05) is 19.1 Å². The largest absolute Gasteiger partial charge is 0.394 e. The smallest absolute Gasteiger partial charge is 0.0861 e. The fourth-order valence-corrected chi connectivity index (χ4v) is 2.98. The molecule has 0 saturated carbocycles. The van der Waals surface area contributed by atoms with Crippen molar-refractivity contribution in [1.82, 2.24) is 0 Å². The maximum Gasteiger partial charge on any atom is 0.0861 e. The van der Waals surface area contributed by atoms with Crippen molar-refractivity contribution >= 4 is 11.8 Å². The van der Waals surface area contributed by atoms with Crippen LogP contribution in [0.5, 0.6) is 0 Å². The van der Waals surface area contributed by atoms with E-state index in [1.165, 1.54) is 11.1 Å². The number of rotatable bonds is 6. The molecule has 3 nitrogen and oxygen atoms in total. The van der Waals surface area contributed by atoms with Gasteiger partial charge in [-0.05, 0) is 25.0 Å². The van der Waals surface area contributed by atoms with Gasteiger partial charge in [-0.25, -0.2) is 0 Å². The van der Waals surface area contributed by atoms with Crippen LogP contribution in [0.25, 0.3) is 0 Å². The van der Waals surface area contributed by atoms with Crippen LogP contribution in [-0.2, 0) is 0 Å². The van der Waals surface area contributed by atoms with E-state index in [0.29, 0.717) is 5.75 Å². The molecule has 96 valence electrons. The fourth-order valence-electron chi connectivity index (χ4n) is 1.70. The Hall–Kier alpha value is -0.550. The van der Waals surface area contributed by atoms with Gasteiger partial charge in [-0.1, -0.05) is 24.3 Å². The quantitative estimate of drug-likeness (QED) is 0.720. The Labute approximate surface area is 107 Å². The predicted octanol–water partition coefficient (Wildman–Crippen LogP) is 1.47. The number of nitrogens with two attached hydrogens (primary N) is 1. The van der Waals surface area contributed by atoms with Crippen molar-refractivity contribution in [2.24, 2.45) is 5.73 Å². The maximum absolute atomic E-state index is 9.39. The molecular weight excluding hydrogens is 234 g/mol. The molecule has 1 aromatic carbocycles. The van der Waals surface area contributed by atoms with Crippen LogP contribution in [0, 0.1) is 6.92 Å². The summed E-state index contributed by atoms with van der Waals surface area (Å²) in [5, 5.41) is 18.4. The Bertz CT molecular complexity index is 344. The second kappa shape index (κ2) is 7.01. The highest BCUT2D eigenvalue weighted by Crippen LogP contribution is 2.33. The highest BCUT2D eigenvalue weighted by atomic mass is 32.2. The third kappa shape index (κ3) is 4.32. The lowest BCUT2D eigenvalue weighted by Gasteiger charge is -2.23. The van der Waals surface area contributed by atoms with Crippen molar-refractivity contribution in [3.05, 3.63) is 35.4 Å². The van der Waals surface area contributed by atoms with E-state index in [-0.39, 0.29) is 17.9 Å². The number of aliphatic hydroxyl groups is 2. The van der Waals surface area contributed by atoms with Gasteiger partial charge in [0, 0.05) is 17.0 Å². The van der Waals surface area contributed by atoms with Gasteiger partial charge in [0.05, 0.1) is 12.7 Å². The maximum atomic E-state index is 9.39.